The number of likely N-dealkylation sites (tertiary alicyclic amines) is 1. The van der Waals surface area contributed by atoms with Crippen LogP contribution in [0.25, 0.3) is 6.08 Å². The van der Waals surface area contributed by atoms with Crippen LogP contribution in [0.1, 0.15) is 56.2 Å². The molecule has 30 heavy (non-hydrogen) atoms. The fourth-order valence-electron chi connectivity index (χ4n) is 5.26. The summed E-state index contributed by atoms with van der Waals surface area (Å²) >= 11 is 0. The molecule has 0 aromatic heterocycles. The molecule has 2 aliphatic rings. The van der Waals surface area contributed by atoms with Crippen LogP contribution in [-0.2, 0) is 0 Å². The van der Waals surface area contributed by atoms with Crippen LogP contribution in [0.3, 0.4) is 0 Å². The molecule has 0 radical (unpaired) electrons. The van der Waals surface area contributed by atoms with Crippen LogP contribution in [0.4, 0.5) is 0 Å². The third-order valence-electron chi connectivity index (χ3n) is 6.75. The zero-order valence-electron chi connectivity index (χ0n) is 17.8. The average Bonchev–Trinajstić information content (AvgIpc) is 2.76. The minimum atomic E-state index is -0.591. The number of aromatic hydroxyl groups is 1. The molecule has 0 amide bonds. The minimum Gasteiger partial charge on any atom is -0.504 e. The van der Waals surface area contributed by atoms with Crippen LogP contribution in [-0.4, -0.2) is 40.4 Å². The normalized spacial score (nSPS) is 27.1. The number of rotatable bonds is 6. The number of nitrogens with zero attached hydrogens (tertiary/aromatic N) is 1. The second kappa shape index (κ2) is 9.23. The van der Waals surface area contributed by atoms with Gasteiger partial charge in [0.05, 0.1) is 12.2 Å². The Hall–Kier alpha value is -2.30. The van der Waals surface area contributed by atoms with Gasteiger partial charge in [-0.1, -0.05) is 61.4 Å². The number of phenolic OH excluding ortho intramolecular Hbond substituents is 1. The summed E-state index contributed by atoms with van der Waals surface area (Å²) in [7, 11) is 0. The van der Waals surface area contributed by atoms with E-state index in [-0.39, 0.29) is 17.7 Å². The van der Waals surface area contributed by atoms with Gasteiger partial charge in [0, 0.05) is 25.0 Å². The van der Waals surface area contributed by atoms with E-state index in [1.807, 2.05) is 25.1 Å². The third kappa shape index (κ3) is 4.40. The Balaban J connectivity index is 1.63. The largest absolute Gasteiger partial charge is 0.504 e. The van der Waals surface area contributed by atoms with E-state index in [1.165, 1.54) is 5.56 Å². The summed E-state index contributed by atoms with van der Waals surface area (Å²) in [6.07, 6.45) is 9.40. The molecule has 1 aliphatic heterocycles. The molecule has 4 nitrogen and oxygen atoms in total. The van der Waals surface area contributed by atoms with Crippen molar-refractivity contribution in [2.45, 2.75) is 50.7 Å². The Bertz CT molecular complexity index is 866. The van der Waals surface area contributed by atoms with Gasteiger partial charge in [0.1, 0.15) is 0 Å². The van der Waals surface area contributed by atoms with E-state index in [0.29, 0.717) is 12.4 Å². The zero-order chi connectivity index (χ0) is 21.0. The van der Waals surface area contributed by atoms with E-state index in [4.69, 9.17) is 4.74 Å². The first-order chi connectivity index (χ1) is 14.6. The molecule has 0 bridgehead atoms. The van der Waals surface area contributed by atoms with E-state index in [1.54, 1.807) is 6.07 Å². The Morgan fingerprint density at radius 1 is 1.13 bits per heavy atom. The van der Waals surface area contributed by atoms with Gasteiger partial charge in [0.2, 0.25) is 0 Å². The number of fused-ring (bicyclic) bond motifs is 1. The Kier molecular flexibility index (Phi) is 6.45. The molecule has 1 aliphatic carbocycles. The van der Waals surface area contributed by atoms with E-state index in [2.05, 4.69) is 41.3 Å². The number of benzene rings is 2. The number of piperidine rings is 1. The topological polar surface area (TPSA) is 52.9 Å². The maximum absolute atomic E-state index is 11.4. The Morgan fingerprint density at radius 2 is 1.97 bits per heavy atom. The first kappa shape index (κ1) is 21.0. The zero-order valence-corrected chi connectivity index (χ0v) is 17.8. The fraction of sp³-hybridized carbons (Fsp3) is 0.462. The summed E-state index contributed by atoms with van der Waals surface area (Å²) in [5.74, 6) is 0.898. The molecule has 1 heterocycles. The summed E-state index contributed by atoms with van der Waals surface area (Å²) in [4.78, 5) is 2.48. The van der Waals surface area contributed by atoms with E-state index in [0.717, 1.165) is 50.8 Å². The van der Waals surface area contributed by atoms with Gasteiger partial charge in [-0.15, -0.1) is 0 Å². The molecule has 2 aromatic carbocycles. The highest BCUT2D eigenvalue weighted by molar-refractivity contribution is 5.49. The average molecular weight is 408 g/mol. The lowest BCUT2D eigenvalue weighted by Gasteiger charge is -2.52. The van der Waals surface area contributed by atoms with Crippen molar-refractivity contribution in [2.24, 2.45) is 5.92 Å². The van der Waals surface area contributed by atoms with Crippen LogP contribution < -0.4 is 4.74 Å². The quantitative estimate of drug-likeness (QED) is 0.693. The molecular weight excluding hydrogens is 374 g/mol. The van der Waals surface area contributed by atoms with Crippen molar-refractivity contribution in [3.05, 3.63) is 65.7 Å². The van der Waals surface area contributed by atoms with Crippen LogP contribution >= 0.6 is 0 Å². The Labute approximate surface area is 179 Å². The summed E-state index contributed by atoms with van der Waals surface area (Å²) in [5, 5.41) is 21.6. The third-order valence-corrected chi connectivity index (χ3v) is 6.75. The van der Waals surface area contributed by atoms with Crippen molar-refractivity contribution in [2.75, 3.05) is 19.7 Å². The van der Waals surface area contributed by atoms with Crippen molar-refractivity contribution < 1.29 is 14.9 Å². The van der Waals surface area contributed by atoms with Crippen molar-refractivity contribution >= 4 is 6.08 Å². The van der Waals surface area contributed by atoms with Gasteiger partial charge in [0.15, 0.2) is 11.5 Å². The van der Waals surface area contributed by atoms with E-state index in [9.17, 15) is 10.2 Å². The van der Waals surface area contributed by atoms with Crippen LogP contribution in [0.15, 0.2) is 54.6 Å². The predicted molar refractivity (Wildman–Crippen MR) is 121 cm³/mol. The summed E-state index contributed by atoms with van der Waals surface area (Å²) in [6.45, 7) is 4.13. The molecule has 0 spiro atoms. The van der Waals surface area contributed by atoms with Crippen molar-refractivity contribution in [3.8, 4) is 11.5 Å². The lowest BCUT2D eigenvalue weighted by atomic mass is 9.66. The molecule has 2 fully saturated rings. The SMILES string of the molecule is CCOc1cc([C@H]2[C@@H]3CCCC[C@]3(O)CCN2C/C=C/c2ccccc2)ccc1O. The smallest absolute Gasteiger partial charge is 0.161 e. The number of aliphatic hydroxyl groups is 1. The van der Waals surface area contributed by atoms with Gasteiger partial charge in [-0.2, -0.15) is 0 Å². The highest BCUT2D eigenvalue weighted by atomic mass is 16.5. The summed E-state index contributed by atoms with van der Waals surface area (Å²) in [6, 6.07) is 16.2. The van der Waals surface area contributed by atoms with Gasteiger partial charge in [-0.25, -0.2) is 0 Å². The molecule has 4 heteroatoms. The number of hydrogen-bond acceptors (Lipinski definition) is 4. The molecule has 4 rings (SSSR count). The summed E-state index contributed by atoms with van der Waals surface area (Å²) < 4.78 is 5.66. The van der Waals surface area contributed by atoms with Crippen LogP contribution in [0.5, 0.6) is 11.5 Å². The Morgan fingerprint density at radius 3 is 2.77 bits per heavy atom. The molecule has 2 aromatic rings. The highest BCUT2D eigenvalue weighted by Crippen LogP contribution is 2.50. The van der Waals surface area contributed by atoms with Crippen molar-refractivity contribution in [3.63, 3.8) is 0 Å². The van der Waals surface area contributed by atoms with Gasteiger partial charge in [-0.3, -0.25) is 4.90 Å². The van der Waals surface area contributed by atoms with E-state index >= 15 is 0 Å². The molecule has 0 unspecified atom stereocenters. The number of phenols is 1. The molecule has 1 saturated carbocycles. The van der Waals surface area contributed by atoms with Crippen LogP contribution in [0.2, 0.25) is 0 Å². The monoisotopic (exact) mass is 407 g/mol. The van der Waals surface area contributed by atoms with Gasteiger partial charge < -0.3 is 14.9 Å². The highest BCUT2D eigenvalue weighted by Gasteiger charge is 2.48. The number of hydrogen-bond donors (Lipinski definition) is 2. The van der Waals surface area contributed by atoms with Gasteiger partial charge in [-0.05, 0) is 49.4 Å². The van der Waals surface area contributed by atoms with Crippen molar-refractivity contribution in [1.82, 2.24) is 4.90 Å². The first-order valence-corrected chi connectivity index (χ1v) is 11.2. The fourth-order valence-corrected chi connectivity index (χ4v) is 5.26. The first-order valence-electron chi connectivity index (χ1n) is 11.2. The molecule has 160 valence electrons. The lowest BCUT2D eigenvalue weighted by molar-refractivity contribution is -0.122. The van der Waals surface area contributed by atoms with Gasteiger partial charge >= 0.3 is 0 Å². The maximum atomic E-state index is 11.4. The molecular formula is C26H33NO3. The second-order valence-electron chi connectivity index (χ2n) is 8.62. The molecule has 3 atom stereocenters. The van der Waals surface area contributed by atoms with Crippen LogP contribution in [0, 0.1) is 5.92 Å². The summed E-state index contributed by atoms with van der Waals surface area (Å²) in [5.41, 5.74) is 1.73. The second-order valence-corrected chi connectivity index (χ2v) is 8.62. The molecule has 2 N–H and O–H groups in total. The number of ether oxygens (including phenoxy) is 1. The van der Waals surface area contributed by atoms with E-state index < -0.39 is 5.60 Å². The lowest BCUT2D eigenvalue weighted by Crippen LogP contribution is -2.54. The standard InChI is InChI=1S/C26H33NO3/c1-2-30-24-19-21(13-14-23(24)28)25-22-12-6-7-15-26(22,29)16-18-27(25)17-8-11-20-9-4-3-5-10-20/h3-5,8-11,13-14,19,22,25,28-29H,2,6-7,12,15-18H2,1H3/b11-8+/t22-,25-,26-/m0/s1. The minimum absolute atomic E-state index is 0.115. The maximum Gasteiger partial charge on any atom is 0.161 e. The molecule has 1 saturated heterocycles. The predicted octanol–water partition coefficient (Wildman–Crippen LogP) is 5.17. The van der Waals surface area contributed by atoms with Crippen molar-refractivity contribution in [1.29, 1.82) is 0 Å². The van der Waals surface area contributed by atoms with Gasteiger partial charge in [0.25, 0.3) is 0 Å².